The predicted octanol–water partition coefficient (Wildman–Crippen LogP) is 2.45. The normalized spacial score (nSPS) is 11.0. The summed E-state index contributed by atoms with van der Waals surface area (Å²) in [7, 11) is 0. The van der Waals surface area contributed by atoms with Crippen LogP contribution >= 0.6 is 0 Å². The van der Waals surface area contributed by atoms with Crippen molar-refractivity contribution in [1.82, 2.24) is 5.43 Å². The first kappa shape index (κ1) is 15.2. The van der Waals surface area contributed by atoms with Gasteiger partial charge >= 0.3 is 0 Å². The van der Waals surface area contributed by atoms with Gasteiger partial charge in [-0.25, -0.2) is 5.43 Å². The van der Waals surface area contributed by atoms with Gasteiger partial charge in [0.1, 0.15) is 5.75 Å². The standard InChI is InChI=1S/C15H13N3O4/c1-10(13-4-2-3-5-14(13)18(21)22)16-17-15(20)11-6-8-12(19)9-7-11/h2-9,19H,1H3,(H,17,20)/b16-10-. The molecule has 2 aromatic rings. The van der Waals surface area contributed by atoms with Gasteiger partial charge < -0.3 is 5.11 Å². The second kappa shape index (κ2) is 6.49. The lowest BCUT2D eigenvalue weighted by Gasteiger charge is -2.04. The molecule has 0 aliphatic heterocycles. The molecule has 7 heteroatoms. The third-order valence-electron chi connectivity index (χ3n) is 2.95. The Labute approximate surface area is 126 Å². The van der Waals surface area contributed by atoms with Gasteiger partial charge in [-0.15, -0.1) is 0 Å². The highest BCUT2D eigenvalue weighted by atomic mass is 16.6. The van der Waals surface area contributed by atoms with Crippen molar-refractivity contribution in [3.63, 3.8) is 0 Å². The minimum absolute atomic E-state index is 0.0520. The zero-order valence-electron chi connectivity index (χ0n) is 11.7. The summed E-state index contributed by atoms with van der Waals surface area (Å²) in [5, 5.41) is 24.0. The third-order valence-corrected chi connectivity index (χ3v) is 2.95. The fourth-order valence-corrected chi connectivity index (χ4v) is 1.81. The molecule has 0 unspecified atom stereocenters. The van der Waals surface area contributed by atoms with Crippen LogP contribution in [0.3, 0.4) is 0 Å². The smallest absolute Gasteiger partial charge is 0.278 e. The quantitative estimate of drug-likeness (QED) is 0.514. The van der Waals surface area contributed by atoms with Crippen LogP contribution in [0.2, 0.25) is 0 Å². The number of carbonyl (C=O) groups excluding carboxylic acids is 1. The van der Waals surface area contributed by atoms with Gasteiger partial charge in [0.2, 0.25) is 0 Å². The molecule has 0 heterocycles. The number of nitro groups is 1. The SMILES string of the molecule is C/C(=N/NC(=O)c1ccc(O)cc1)c1ccccc1[N+](=O)[O-]. The molecule has 0 aliphatic rings. The van der Waals surface area contributed by atoms with E-state index in [1.54, 1.807) is 25.1 Å². The molecule has 0 fully saturated rings. The van der Waals surface area contributed by atoms with Gasteiger partial charge in [-0.1, -0.05) is 12.1 Å². The second-order valence-corrected chi connectivity index (χ2v) is 4.46. The Bertz CT molecular complexity index is 739. The molecule has 22 heavy (non-hydrogen) atoms. The van der Waals surface area contributed by atoms with Crippen LogP contribution in [0.1, 0.15) is 22.8 Å². The molecule has 2 rings (SSSR count). The zero-order valence-corrected chi connectivity index (χ0v) is 11.7. The molecular formula is C15H13N3O4. The molecule has 2 N–H and O–H groups in total. The first-order valence-corrected chi connectivity index (χ1v) is 6.36. The number of nitrogens with zero attached hydrogens (tertiary/aromatic N) is 2. The molecule has 0 saturated heterocycles. The van der Waals surface area contributed by atoms with E-state index < -0.39 is 10.8 Å². The number of aromatic hydroxyl groups is 1. The second-order valence-electron chi connectivity index (χ2n) is 4.46. The zero-order chi connectivity index (χ0) is 16.1. The van der Waals surface area contributed by atoms with Crippen LogP contribution in [0, 0.1) is 10.1 Å². The van der Waals surface area contributed by atoms with Crippen molar-refractivity contribution in [2.75, 3.05) is 0 Å². The average molecular weight is 299 g/mol. The maximum absolute atomic E-state index is 11.9. The summed E-state index contributed by atoms with van der Waals surface area (Å²) in [6.45, 7) is 1.57. The average Bonchev–Trinajstić information content (AvgIpc) is 2.53. The van der Waals surface area contributed by atoms with Crippen molar-refractivity contribution in [2.24, 2.45) is 5.10 Å². The van der Waals surface area contributed by atoms with Gasteiger partial charge in [0.05, 0.1) is 16.2 Å². The number of benzene rings is 2. The number of rotatable bonds is 4. The number of amides is 1. The summed E-state index contributed by atoms with van der Waals surface area (Å²) in [6.07, 6.45) is 0. The summed E-state index contributed by atoms with van der Waals surface area (Å²) in [4.78, 5) is 22.3. The monoisotopic (exact) mass is 299 g/mol. The van der Waals surface area contributed by atoms with Crippen molar-refractivity contribution in [1.29, 1.82) is 0 Å². The van der Waals surface area contributed by atoms with Crippen molar-refractivity contribution in [2.45, 2.75) is 6.92 Å². The summed E-state index contributed by atoms with van der Waals surface area (Å²) < 4.78 is 0. The maximum atomic E-state index is 11.9. The predicted molar refractivity (Wildman–Crippen MR) is 80.9 cm³/mol. The van der Waals surface area contributed by atoms with Gasteiger partial charge in [0, 0.05) is 11.6 Å². The first-order chi connectivity index (χ1) is 10.5. The molecule has 112 valence electrons. The maximum Gasteiger partial charge on any atom is 0.278 e. The molecule has 0 saturated carbocycles. The van der Waals surface area contributed by atoms with E-state index in [1.807, 2.05) is 0 Å². The molecule has 0 spiro atoms. The first-order valence-electron chi connectivity index (χ1n) is 6.36. The van der Waals surface area contributed by atoms with E-state index in [0.717, 1.165) is 0 Å². The highest BCUT2D eigenvalue weighted by molar-refractivity contribution is 6.03. The lowest BCUT2D eigenvalue weighted by Crippen LogP contribution is -2.19. The van der Waals surface area contributed by atoms with Gasteiger partial charge in [-0.2, -0.15) is 5.10 Å². The molecular weight excluding hydrogens is 286 g/mol. The van der Waals surface area contributed by atoms with E-state index in [0.29, 0.717) is 16.8 Å². The van der Waals surface area contributed by atoms with Gasteiger partial charge in [-0.3, -0.25) is 14.9 Å². The van der Waals surface area contributed by atoms with Crippen molar-refractivity contribution in [3.8, 4) is 5.75 Å². The Balaban J connectivity index is 2.18. The molecule has 2 aromatic carbocycles. The Morgan fingerprint density at radius 3 is 2.45 bits per heavy atom. The molecule has 0 atom stereocenters. The Kier molecular flexibility index (Phi) is 4.47. The Hall–Kier alpha value is -3.22. The van der Waals surface area contributed by atoms with Crippen LogP contribution in [0.15, 0.2) is 53.6 Å². The lowest BCUT2D eigenvalue weighted by molar-refractivity contribution is -0.385. The lowest BCUT2D eigenvalue weighted by atomic mass is 10.1. The van der Waals surface area contributed by atoms with E-state index in [2.05, 4.69) is 10.5 Å². The van der Waals surface area contributed by atoms with Crippen LogP contribution in [0.25, 0.3) is 0 Å². The molecule has 0 radical (unpaired) electrons. The summed E-state index contributed by atoms with van der Waals surface area (Å²) in [6, 6.07) is 11.8. The molecule has 0 aromatic heterocycles. The number of hydrazone groups is 1. The van der Waals surface area contributed by atoms with Gasteiger partial charge in [-0.05, 0) is 37.3 Å². The van der Waals surface area contributed by atoms with Crippen molar-refractivity contribution in [3.05, 3.63) is 69.8 Å². The Morgan fingerprint density at radius 1 is 1.18 bits per heavy atom. The highest BCUT2D eigenvalue weighted by Crippen LogP contribution is 2.18. The van der Waals surface area contributed by atoms with Crippen LogP contribution in [0.5, 0.6) is 5.75 Å². The van der Waals surface area contributed by atoms with Crippen LogP contribution < -0.4 is 5.43 Å². The van der Waals surface area contributed by atoms with Crippen LogP contribution in [-0.2, 0) is 0 Å². The molecule has 1 amide bonds. The largest absolute Gasteiger partial charge is 0.508 e. The number of hydrogen-bond acceptors (Lipinski definition) is 5. The van der Waals surface area contributed by atoms with E-state index >= 15 is 0 Å². The van der Waals surface area contributed by atoms with Gasteiger partial charge in [0.25, 0.3) is 11.6 Å². The van der Waals surface area contributed by atoms with E-state index in [-0.39, 0.29) is 11.4 Å². The topological polar surface area (TPSA) is 105 Å². The minimum Gasteiger partial charge on any atom is -0.508 e. The fraction of sp³-hybridized carbons (Fsp3) is 0.0667. The number of nitro benzene ring substituents is 1. The molecule has 7 nitrogen and oxygen atoms in total. The molecule has 0 bridgehead atoms. The van der Waals surface area contributed by atoms with E-state index in [4.69, 9.17) is 5.11 Å². The number of phenolic OH excluding ortho intramolecular Hbond substituents is 1. The summed E-state index contributed by atoms with van der Waals surface area (Å²) in [5.74, 6) is -0.422. The van der Waals surface area contributed by atoms with Gasteiger partial charge in [0.15, 0.2) is 0 Å². The number of para-hydroxylation sites is 1. The Morgan fingerprint density at radius 2 is 1.82 bits per heavy atom. The van der Waals surface area contributed by atoms with Crippen molar-refractivity contribution >= 4 is 17.3 Å². The number of hydrogen-bond donors (Lipinski definition) is 2. The van der Waals surface area contributed by atoms with Crippen LogP contribution in [0.4, 0.5) is 5.69 Å². The fourth-order valence-electron chi connectivity index (χ4n) is 1.81. The number of nitrogens with one attached hydrogen (secondary N) is 1. The van der Waals surface area contributed by atoms with E-state index in [1.165, 1.54) is 30.3 Å². The number of phenols is 1. The minimum atomic E-state index is -0.504. The number of carbonyl (C=O) groups is 1. The van der Waals surface area contributed by atoms with Crippen LogP contribution in [-0.4, -0.2) is 21.6 Å². The highest BCUT2D eigenvalue weighted by Gasteiger charge is 2.15. The third kappa shape index (κ3) is 3.45. The van der Waals surface area contributed by atoms with Crippen molar-refractivity contribution < 1.29 is 14.8 Å². The molecule has 0 aliphatic carbocycles. The summed E-state index contributed by atoms with van der Waals surface area (Å²) >= 11 is 0. The van der Waals surface area contributed by atoms with E-state index in [9.17, 15) is 14.9 Å². The summed E-state index contributed by atoms with van der Waals surface area (Å²) in [5.41, 5.74) is 3.21.